The van der Waals surface area contributed by atoms with Crippen LogP contribution in [0.25, 0.3) is 0 Å². The zero-order valence-corrected chi connectivity index (χ0v) is 16.1. The first kappa shape index (κ1) is 16.8. The number of hydrogen-bond donors (Lipinski definition) is 0. The summed E-state index contributed by atoms with van der Waals surface area (Å²) in [5.74, 6) is 1.83. The highest BCUT2D eigenvalue weighted by atomic mass is 79.9. The van der Waals surface area contributed by atoms with E-state index in [1.807, 2.05) is 37.3 Å². The maximum Gasteiger partial charge on any atom is 0.273 e. The van der Waals surface area contributed by atoms with E-state index in [-0.39, 0.29) is 11.8 Å². The van der Waals surface area contributed by atoms with E-state index in [2.05, 4.69) is 20.9 Å². The summed E-state index contributed by atoms with van der Waals surface area (Å²) >= 11 is 3.55. The molecule has 0 saturated carbocycles. The average Bonchev–Trinajstić information content (AvgIpc) is 2.98. The summed E-state index contributed by atoms with van der Waals surface area (Å²) in [6.07, 6.45) is 1.54. The molecule has 2 aromatic rings. The van der Waals surface area contributed by atoms with Gasteiger partial charge in [0.1, 0.15) is 5.75 Å². The second kappa shape index (κ2) is 6.29. The Kier molecular flexibility index (Phi) is 4.07. The molecule has 0 radical (unpaired) electrons. The number of fused-ring (bicyclic) bond motifs is 2. The molecule has 4 rings (SSSR count). The molecule has 1 atom stereocenters. The van der Waals surface area contributed by atoms with Crippen molar-refractivity contribution < 1.29 is 19.0 Å². The van der Waals surface area contributed by atoms with Gasteiger partial charge >= 0.3 is 0 Å². The quantitative estimate of drug-likeness (QED) is 0.757. The fraction of sp³-hybridized carbons (Fsp3) is 0.200. The molecule has 2 aliphatic heterocycles. The highest BCUT2D eigenvalue weighted by molar-refractivity contribution is 9.10. The van der Waals surface area contributed by atoms with Crippen LogP contribution in [0.2, 0.25) is 0 Å². The highest BCUT2D eigenvalue weighted by Crippen LogP contribution is 2.47. The van der Waals surface area contributed by atoms with Crippen molar-refractivity contribution in [3.8, 4) is 17.2 Å². The van der Waals surface area contributed by atoms with Gasteiger partial charge in [0.15, 0.2) is 11.5 Å². The van der Waals surface area contributed by atoms with Gasteiger partial charge in [0, 0.05) is 23.1 Å². The number of ether oxygens (including phenoxy) is 3. The molecule has 0 bridgehead atoms. The Morgan fingerprint density at radius 2 is 1.96 bits per heavy atom. The zero-order chi connectivity index (χ0) is 18.4. The van der Waals surface area contributed by atoms with Crippen molar-refractivity contribution in [1.29, 1.82) is 0 Å². The Bertz CT molecular complexity index is 994. The Balaban J connectivity index is 1.95. The highest BCUT2D eigenvalue weighted by Gasteiger charge is 2.36. The molecule has 0 aromatic heterocycles. The van der Waals surface area contributed by atoms with E-state index in [4.69, 9.17) is 14.2 Å². The molecular formula is C20H16BrNO4. The Hall–Kier alpha value is -2.60. The van der Waals surface area contributed by atoms with E-state index < -0.39 is 0 Å². The molecule has 26 heavy (non-hydrogen) atoms. The normalized spacial score (nSPS) is 17.7. The van der Waals surface area contributed by atoms with E-state index in [1.165, 1.54) is 6.08 Å². The third-order valence-electron chi connectivity index (χ3n) is 4.52. The van der Waals surface area contributed by atoms with Crippen molar-refractivity contribution in [3.05, 3.63) is 63.1 Å². The Labute approximate surface area is 159 Å². The number of rotatable bonds is 3. The van der Waals surface area contributed by atoms with Crippen molar-refractivity contribution in [3.63, 3.8) is 0 Å². The van der Waals surface area contributed by atoms with Crippen LogP contribution >= 0.6 is 15.9 Å². The van der Waals surface area contributed by atoms with Crippen LogP contribution in [0.15, 0.2) is 51.4 Å². The van der Waals surface area contributed by atoms with Gasteiger partial charge in [-0.3, -0.25) is 4.79 Å². The summed E-state index contributed by atoms with van der Waals surface area (Å²) in [6.45, 7) is 2.00. The molecule has 2 aromatic carbocycles. The van der Waals surface area contributed by atoms with Gasteiger partial charge in [-0.05, 0) is 52.2 Å². The maximum absolute atomic E-state index is 11.9. The van der Waals surface area contributed by atoms with Gasteiger partial charge in [-0.15, -0.1) is 0 Å². The number of halogens is 1. The van der Waals surface area contributed by atoms with Crippen LogP contribution in [0.3, 0.4) is 0 Å². The molecule has 2 heterocycles. The van der Waals surface area contributed by atoms with Gasteiger partial charge in [-0.2, -0.15) is 4.99 Å². The minimum atomic E-state index is -0.302. The monoisotopic (exact) mass is 413 g/mol. The van der Waals surface area contributed by atoms with Gasteiger partial charge in [0.25, 0.3) is 5.91 Å². The number of amides is 1. The lowest BCUT2D eigenvalue weighted by Crippen LogP contribution is -2.23. The average molecular weight is 414 g/mol. The molecule has 1 unspecified atom stereocenters. The number of benzene rings is 2. The summed E-state index contributed by atoms with van der Waals surface area (Å²) in [6, 6.07) is 9.91. The van der Waals surface area contributed by atoms with Crippen LogP contribution in [-0.4, -0.2) is 26.0 Å². The predicted octanol–water partition coefficient (Wildman–Crippen LogP) is 4.16. The predicted molar refractivity (Wildman–Crippen MR) is 101 cm³/mol. The summed E-state index contributed by atoms with van der Waals surface area (Å²) < 4.78 is 17.6. The summed E-state index contributed by atoms with van der Waals surface area (Å²) in [5.41, 5.74) is 3.77. The van der Waals surface area contributed by atoms with Crippen LogP contribution in [0, 0.1) is 6.92 Å². The molecule has 0 N–H and O–H groups in total. The number of carbonyl (C=O) groups is 1. The first-order valence-electron chi connectivity index (χ1n) is 8.06. The molecule has 0 saturated heterocycles. The third kappa shape index (κ3) is 2.61. The van der Waals surface area contributed by atoms with Gasteiger partial charge in [0.2, 0.25) is 5.90 Å². The first-order valence-corrected chi connectivity index (χ1v) is 8.85. The third-order valence-corrected chi connectivity index (χ3v) is 5.11. The van der Waals surface area contributed by atoms with Crippen molar-refractivity contribution in [2.24, 2.45) is 4.99 Å². The number of hydrogen-bond acceptors (Lipinski definition) is 4. The lowest BCUT2D eigenvalue weighted by Gasteiger charge is -2.28. The van der Waals surface area contributed by atoms with Crippen LogP contribution in [-0.2, 0) is 4.79 Å². The van der Waals surface area contributed by atoms with Crippen molar-refractivity contribution in [1.82, 2.24) is 0 Å². The molecule has 1 amide bonds. The van der Waals surface area contributed by atoms with Gasteiger partial charge < -0.3 is 14.2 Å². The maximum atomic E-state index is 11.9. The van der Waals surface area contributed by atoms with Crippen molar-refractivity contribution in [2.45, 2.75) is 12.8 Å². The number of carbonyl (C=O) groups excluding carboxylic acids is 1. The number of nitrogens with zero attached hydrogens (tertiary/aromatic N) is 1. The van der Waals surface area contributed by atoms with E-state index >= 15 is 0 Å². The van der Waals surface area contributed by atoms with Gasteiger partial charge in [-0.1, -0.05) is 12.1 Å². The minimum absolute atomic E-state index is 0.180. The topological polar surface area (TPSA) is 57.1 Å². The van der Waals surface area contributed by atoms with E-state index in [9.17, 15) is 4.79 Å². The van der Waals surface area contributed by atoms with Crippen molar-refractivity contribution in [2.75, 3.05) is 14.2 Å². The minimum Gasteiger partial charge on any atom is -0.493 e. The SMILES string of the molecule is COc1cc(C2C3=CC(=O)N=C3Oc3cc(C)ccc32)cc(Br)c1OC. The number of aliphatic imine (C=N–C) groups is 1. The smallest absolute Gasteiger partial charge is 0.273 e. The Morgan fingerprint density at radius 3 is 2.69 bits per heavy atom. The molecule has 5 nitrogen and oxygen atoms in total. The molecule has 2 aliphatic rings. The van der Waals surface area contributed by atoms with Crippen LogP contribution < -0.4 is 14.2 Å². The molecule has 0 spiro atoms. The lowest BCUT2D eigenvalue weighted by molar-refractivity contribution is -0.113. The van der Waals surface area contributed by atoms with Crippen LogP contribution in [0.4, 0.5) is 0 Å². The summed E-state index contributed by atoms with van der Waals surface area (Å²) in [4.78, 5) is 15.9. The van der Waals surface area contributed by atoms with E-state index in [1.54, 1.807) is 14.2 Å². The van der Waals surface area contributed by atoms with Crippen molar-refractivity contribution >= 4 is 27.7 Å². The number of aryl methyl sites for hydroxylation is 1. The number of methoxy groups -OCH3 is 2. The van der Waals surface area contributed by atoms with Gasteiger partial charge in [0.05, 0.1) is 18.7 Å². The fourth-order valence-corrected chi connectivity index (χ4v) is 4.01. The fourth-order valence-electron chi connectivity index (χ4n) is 3.38. The summed E-state index contributed by atoms with van der Waals surface area (Å²) in [5, 5.41) is 0. The molecule has 6 heteroatoms. The Morgan fingerprint density at radius 1 is 1.15 bits per heavy atom. The van der Waals surface area contributed by atoms with E-state index in [0.29, 0.717) is 23.1 Å². The van der Waals surface area contributed by atoms with Crippen LogP contribution in [0.1, 0.15) is 22.6 Å². The molecule has 0 fully saturated rings. The van der Waals surface area contributed by atoms with Crippen LogP contribution in [0.5, 0.6) is 17.2 Å². The molecule has 132 valence electrons. The molecule has 0 aliphatic carbocycles. The second-order valence-electron chi connectivity index (χ2n) is 6.17. The largest absolute Gasteiger partial charge is 0.493 e. The van der Waals surface area contributed by atoms with Gasteiger partial charge in [-0.25, -0.2) is 0 Å². The molecular weight excluding hydrogens is 398 g/mol. The summed E-state index contributed by atoms with van der Waals surface area (Å²) in [7, 11) is 3.19. The standard InChI is InChI=1S/C20H16BrNO4/c1-10-4-5-12-15(6-10)26-20-13(9-17(23)22-20)18(12)11-7-14(21)19(25-3)16(8-11)24-2/h4-9,18H,1-3H3. The van der Waals surface area contributed by atoms with E-state index in [0.717, 1.165) is 26.7 Å². The lowest BCUT2D eigenvalue weighted by atomic mass is 9.82. The zero-order valence-electron chi connectivity index (χ0n) is 14.5. The second-order valence-corrected chi connectivity index (χ2v) is 7.02. The first-order chi connectivity index (χ1) is 12.5.